The molecule has 0 aliphatic heterocycles. The topological polar surface area (TPSA) is 173 Å². The van der Waals surface area contributed by atoms with Gasteiger partial charge in [-0.15, -0.1) is 0 Å². The fourth-order valence-electron chi connectivity index (χ4n) is 6.59. The summed E-state index contributed by atoms with van der Waals surface area (Å²) < 4.78 is 0. The van der Waals surface area contributed by atoms with Crippen LogP contribution in [0.5, 0.6) is 0 Å². The normalized spacial score (nSPS) is 10.6. The first-order valence-electron chi connectivity index (χ1n) is 24.7. The number of aliphatic hydroxyl groups is 3. The van der Waals surface area contributed by atoms with Gasteiger partial charge in [0.05, 0.1) is 13.2 Å². The van der Waals surface area contributed by atoms with Crippen LogP contribution in [0.1, 0.15) is 278 Å². The van der Waals surface area contributed by atoms with Gasteiger partial charge in [-0.25, -0.2) is 0 Å². The average molecular weight is 833 g/mol. The molecule has 350 valence electrons. The van der Waals surface area contributed by atoms with Crippen LogP contribution in [0.3, 0.4) is 0 Å². The van der Waals surface area contributed by atoms with Crippen molar-refractivity contribution in [2.75, 3.05) is 13.2 Å². The van der Waals surface area contributed by atoms with Crippen LogP contribution in [-0.4, -0.2) is 67.9 Å². The van der Waals surface area contributed by atoms with Crippen LogP contribution in [-0.2, 0) is 14.4 Å². The van der Waals surface area contributed by atoms with E-state index in [4.69, 9.17) is 30.6 Å². The third-order valence-corrected chi connectivity index (χ3v) is 10.4. The number of carboxylic acid groups (broad SMARTS) is 3. The molecule has 0 saturated heterocycles. The number of aliphatic hydroxyl groups excluding tert-OH is 3. The van der Waals surface area contributed by atoms with Crippen molar-refractivity contribution in [3.63, 3.8) is 0 Å². The van der Waals surface area contributed by atoms with Crippen molar-refractivity contribution < 1.29 is 45.0 Å². The summed E-state index contributed by atoms with van der Waals surface area (Å²) in [5, 5.41) is 49.4. The number of rotatable bonds is 42. The second-order valence-corrected chi connectivity index (χ2v) is 16.5. The Hall–Kier alpha value is -1.71. The quantitative estimate of drug-likeness (QED) is 0.0327. The van der Waals surface area contributed by atoms with Gasteiger partial charge in [0.1, 0.15) is 6.10 Å². The Balaban J connectivity index is -0.000000361. The highest BCUT2D eigenvalue weighted by molar-refractivity contribution is 5.67. The van der Waals surface area contributed by atoms with E-state index < -0.39 is 24.0 Å². The van der Waals surface area contributed by atoms with E-state index in [0.29, 0.717) is 19.3 Å². The first kappa shape index (κ1) is 62.9. The van der Waals surface area contributed by atoms with E-state index in [1.54, 1.807) is 0 Å². The summed E-state index contributed by atoms with van der Waals surface area (Å²) >= 11 is 0. The molecule has 9 nitrogen and oxygen atoms in total. The summed E-state index contributed by atoms with van der Waals surface area (Å²) in [6, 6.07) is 0. The molecule has 6 N–H and O–H groups in total. The summed E-state index contributed by atoms with van der Waals surface area (Å²) in [7, 11) is 0. The van der Waals surface area contributed by atoms with Crippen LogP contribution in [0.4, 0.5) is 0 Å². The Morgan fingerprint density at radius 2 is 0.431 bits per heavy atom. The minimum Gasteiger partial charge on any atom is -0.481 e. The molecular weight excluding hydrogens is 733 g/mol. The van der Waals surface area contributed by atoms with Crippen molar-refractivity contribution in [1.82, 2.24) is 0 Å². The molecule has 0 aromatic carbocycles. The van der Waals surface area contributed by atoms with Crippen LogP contribution < -0.4 is 0 Å². The molecule has 0 aromatic rings. The molecule has 0 heterocycles. The first-order chi connectivity index (χ1) is 28.1. The monoisotopic (exact) mass is 833 g/mol. The van der Waals surface area contributed by atoms with Crippen molar-refractivity contribution in [2.45, 2.75) is 284 Å². The lowest BCUT2D eigenvalue weighted by molar-refractivity contribution is -0.138. The van der Waals surface area contributed by atoms with Gasteiger partial charge in [0.2, 0.25) is 0 Å². The summed E-state index contributed by atoms with van der Waals surface area (Å²) in [4.78, 5) is 30.8. The average Bonchev–Trinajstić information content (AvgIpc) is 3.20. The summed E-state index contributed by atoms with van der Waals surface area (Å²) in [5.74, 6) is -1.97. The lowest BCUT2D eigenvalue weighted by Gasteiger charge is -2.03. The number of hydrogen-bond acceptors (Lipinski definition) is 6. The summed E-state index contributed by atoms with van der Waals surface area (Å²) in [5.41, 5.74) is 0. The zero-order valence-corrected chi connectivity index (χ0v) is 38.7. The highest BCUT2D eigenvalue weighted by Gasteiger charge is 1.99. The summed E-state index contributed by atoms with van der Waals surface area (Å²) in [6.07, 6.45) is 48.1. The Kier molecular flexibility index (Phi) is 64.7. The number of carbonyl (C=O) groups is 3. The molecule has 58 heavy (non-hydrogen) atoms. The molecule has 0 spiro atoms. The molecule has 0 aromatic heterocycles. The standard InChI is InChI=1S/2C18H36O2.C10H20O2.C3H8O3/c2*1-2-3-4-5-6-7-8-9-10-11-12-13-14-15-16-17-18(19)20;1-2-3-4-5-6-7-8-9-10(11)12;4-1-3(6)2-5/h2*2-17H2,1H3,(H,19,20);2-9H2,1H3,(H,11,12);3-6H,1-2H2. The molecule has 0 aliphatic carbocycles. The second-order valence-electron chi connectivity index (χ2n) is 16.5. The second kappa shape index (κ2) is 59.6. The third kappa shape index (κ3) is 75.2. The minimum atomic E-state index is -0.954. The maximum atomic E-state index is 10.3. The molecule has 0 rings (SSSR count). The molecule has 0 radical (unpaired) electrons. The van der Waals surface area contributed by atoms with Crippen molar-refractivity contribution in [1.29, 1.82) is 0 Å². The molecule has 0 saturated carbocycles. The van der Waals surface area contributed by atoms with Crippen molar-refractivity contribution in [3.05, 3.63) is 0 Å². The number of unbranched alkanes of at least 4 members (excludes halogenated alkanes) is 34. The SMILES string of the molecule is CCCCCCCCCC(=O)O.CCCCCCCCCCCCCCCCCC(=O)O.CCCCCCCCCCCCCCCCCC(=O)O.OCC(O)CO. The highest BCUT2D eigenvalue weighted by Crippen LogP contribution is 2.15. The third-order valence-electron chi connectivity index (χ3n) is 10.4. The fraction of sp³-hybridized carbons (Fsp3) is 0.939. The van der Waals surface area contributed by atoms with Gasteiger partial charge in [0, 0.05) is 19.3 Å². The van der Waals surface area contributed by atoms with E-state index in [9.17, 15) is 14.4 Å². The van der Waals surface area contributed by atoms with E-state index in [2.05, 4.69) is 20.8 Å². The maximum absolute atomic E-state index is 10.3. The van der Waals surface area contributed by atoms with Gasteiger partial charge in [-0.05, 0) is 19.3 Å². The van der Waals surface area contributed by atoms with Gasteiger partial charge < -0.3 is 30.6 Å². The molecule has 0 unspecified atom stereocenters. The number of hydrogen-bond donors (Lipinski definition) is 6. The van der Waals surface area contributed by atoms with Crippen LogP contribution in [0.2, 0.25) is 0 Å². The van der Waals surface area contributed by atoms with Crippen molar-refractivity contribution in [3.8, 4) is 0 Å². The smallest absolute Gasteiger partial charge is 0.303 e. The maximum Gasteiger partial charge on any atom is 0.303 e. The van der Waals surface area contributed by atoms with Crippen LogP contribution >= 0.6 is 0 Å². The number of carboxylic acids is 3. The Bertz CT molecular complexity index is 729. The molecule has 9 heteroatoms. The van der Waals surface area contributed by atoms with Gasteiger partial charge >= 0.3 is 17.9 Å². The Morgan fingerprint density at radius 3 is 0.534 bits per heavy atom. The fourth-order valence-corrected chi connectivity index (χ4v) is 6.59. The van der Waals surface area contributed by atoms with Gasteiger partial charge in [0.25, 0.3) is 0 Å². The predicted molar refractivity (Wildman–Crippen MR) is 245 cm³/mol. The predicted octanol–water partition coefficient (Wildman–Crippen LogP) is 14.2. The molecule has 0 bridgehead atoms. The lowest BCUT2D eigenvalue weighted by atomic mass is 10.0. The number of aliphatic carboxylic acids is 3. The molecule has 0 fully saturated rings. The van der Waals surface area contributed by atoms with E-state index in [1.165, 1.54) is 199 Å². The lowest BCUT2D eigenvalue weighted by Crippen LogP contribution is -2.15. The van der Waals surface area contributed by atoms with Crippen LogP contribution in [0, 0.1) is 0 Å². The van der Waals surface area contributed by atoms with E-state index in [0.717, 1.165) is 38.5 Å². The van der Waals surface area contributed by atoms with Crippen molar-refractivity contribution in [2.24, 2.45) is 0 Å². The van der Waals surface area contributed by atoms with Gasteiger partial charge in [0.15, 0.2) is 0 Å². The zero-order chi connectivity index (χ0) is 44.0. The van der Waals surface area contributed by atoms with E-state index in [1.807, 2.05) is 0 Å². The molecule has 0 atom stereocenters. The summed E-state index contributed by atoms with van der Waals surface area (Å²) in [6.45, 7) is 6.01. The van der Waals surface area contributed by atoms with E-state index >= 15 is 0 Å². The van der Waals surface area contributed by atoms with Gasteiger partial charge in [-0.1, -0.05) is 239 Å². The van der Waals surface area contributed by atoms with Crippen molar-refractivity contribution >= 4 is 17.9 Å². The largest absolute Gasteiger partial charge is 0.481 e. The zero-order valence-electron chi connectivity index (χ0n) is 38.7. The highest BCUT2D eigenvalue weighted by atomic mass is 16.4. The molecule has 0 aliphatic rings. The van der Waals surface area contributed by atoms with Crippen LogP contribution in [0.25, 0.3) is 0 Å². The Labute approximate surface area is 359 Å². The van der Waals surface area contributed by atoms with Gasteiger partial charge in [-0.3, -0.25) is 14.4 Å². The first-order valence-corrected chi connectivity index (χ1v) is 24.7. The Morgan fingerprint density at radius 1 is 0.293 bits per heavy atom. The van der Waals surface area contributed by atoms with E-state index in [-0.39, 0.29) is 13.2 Å². The van der Waals surface area contributed by atoms with Crippen LogP contribution in [0.15, 0.2) is 0 Å². The van der Waals surface area contributed by atoms with Gasteiger partial charge in [-0.2, -0.15) is 0 Å². The molecular formula is C49H100O9. The minimum absolute atomic E-state index is 0.341. The molecule has 0 amide bonds.